The topological polar surface area (TPSA) is 101 Å². The molecule has 0 aliphatic carbocycles. The Labute approximate surface area is 173 Å². The molecule has 0 spiro atoms. The number of hydrogen-bond donors (Lipinski definition) is 2. The summed E-state index contributed by atoms with van der Waals surface area (Å²) in [5.74, 6) is 0.228. The first-order valence-electron chi connectivity index (χ1n) is 9.17. The van der Waals surface area contributed by atoms with Crippen LogP contribution in [-0.2, 0) is 0 Å². The fraction of sp³-hybridized carbons (Fsp3) is 0.286. The van der Waals surface area contributed by atoms with Gasteiger partial charge in [0, 0.05) is 30.9 Å². The average Bonchev–Trinajstić information content (AvgIpc) is 2.71. The number of rotatable bonds is 4. The van der Waals surface area contributed by atoms with Gasteiger partial charge >= 0.3 is 0 Å². The molecule has 1 aromatic carbocycles. The quantitative estimate of drug-likeness (QED) is 0.751. The Hall–Kier alpha value is -3.06. The van der Waals surface area contributed by atoms with Crippen LogP contribution in [0.4, 0.5) is 0 Å². The molecule has 152 valence electrons. The number of carbonyl (C=O) groups is 1. The summed E-state index contributed by atoms with van der Waals surface area (Å²) in [6, 6.07) is 9.63. The lowest BCUT2D eigenvalue weighted by molar-refractivity contribution is 0.0706. The fourth-order valence-corrected chi connectivity index (χ4v) is 3.80. The molecule has 3 N–H and O–H groups in total. The molecule has 2 aromatic rings. The maximum atomic E-state index is 13.1. The van der Waals surface area contributed by atoms with Crippen LogP contribution in [0, 0.1) is 0 Å². The lowest BCUT2D eigenvalue weighted by atomic mass is 9.93. The summed E-state index contributed by atoms with van der Waals surface area (Å²) in [5, 5.41) is 0.276. The smallest absolute Gasteiger partial charge is 0.256 e. The van der Waals surface area contributed by atoms with E-state index >= 15 is 0 Å². The fourth-order valence-electron chi connectivity index (χ4n) is 3.52. The lowest BCUT2D eigenvalue weighted by Crippen LogP contribution is -2.46. The van der Waals surface area contributed by atoms with Crippen LogP contribution in [0.5, 0.6) is 5.75 Å². The Bertz CT molecular complexity index is 1060. The zero-order chi connectivity index (χ0) is 21.1. The molecule has 0 radical (unpaired) electrons. The minimum Gasteiger partial charge on any atom is -0.495 e. The Morgan fingerprint density at radius 1 is 1.31 bits per heavy atom. The highest BCUT2D eigenvalue weighted by Gasteiger charge is 2.32. The number of methoxy groups -OCH3 is 1. The van der Waals surface area contributed by atoms with Gasteiger partial charge in [-0.2, -0.15) is 0 Å². The van der Waals surface area contributed by atoms with E-state index in [1.54, 1.807) is 42.3 Å². The summed E-state index contributed by atoms with van der Waals surface area (Å²) in [6.07, 6.45) is 0.507. The second-order valence-corrected chi connectivity index (χ2v) is 7.06. The van der Waals surface area contributed by atoms with Crippen molar-refractivity contribution in [2.75, 3.05) is 20.7 Å². The maximum Gasteiger partial charge on any atom is 0.256 e. The van der Waals surface area contributed by atoms with Crippen LogP contribution in [-0.4, -0.2) is 48.2 Å². The Kier molecular flexibility index (Phi) is 6.08. The van der Waals surface area contributed by atoms with Crippen molar-refractivity contribution in [3.05, 3.63) is 74.3 Å². The first-order valence-corrected chi connectivity index (χ1v) is 9.55. The molecule has 1 amide bonds. The van der Waals surface area contributed by atoms with Crippen molar-refractivity contribution in [3.8, 4) is 5.75 Å². The molecular formula is C21H23ClN4O3. The zero-order valence-electron chi connectivity index (χ0n) is 16.5. The van der Waals surface area contributed by atoms with Crippen molar-refractivity contribution < 1.29 is 9.53 Å². The number of hydrogen-bond acceptors (Lipinski definition) is 5. The number of nitrogens with one attached hydrogen (secondary N) is 1. The normalized spacial score (nSPS) is 17.4. The number of pyridine rings is 1. The predicted octanol–water partition coefficient (Wildman–Crippen LogP) is 2.60. The number of nitrogens with two attached hydrogens (primary N) is 1. The van der Waals surface area contributed by atoms with Gasteiger partial charge < -0.3 is 20.4 Å². The van der Waals surface area contributed by atoms with Gasteiger partial charge in [0.1, 0.15) is 5.75 Å². The maximum absolute atomic E-state index is 13.1. The highest BCUT2D eigenvalue weighted by Crippen LogP contribution is 2.31. The number of ether oxygens (including phenoxy) is 1. The van der Waals surface area contributed by atoms with Crippen LogP contribution in [0.15, 0.2) is 57.5 Å². The van der Waals surface area contributed by atoms with E-state index in [4.69, 9.17) is 22.1 Å². The first kappa shape index (κ1) is 20.7. The highest BCUT2D eigenvalue weighted by atomic mass is 35.5. The average molecular weight is 415 g/mol. The number of halogens is 1. The van der Waals surface area contributed by atoms with Gasteiger partial charge in [-0.1, -0.05) is 23.7 Å². The van der Waals surface area contributed by atoms with Crippen LogP contribution in [0.2, 0.25) is 5.02 Å². The second-order valence-electron chi connectivity index (χ2n) is 6.68. The van der Waals surface area contributed by atoms with E-state index in [9.17, 15) is 9.59 Å². The number of aromatic amines is 1. The lowest BCUT2D eigenvalue weighted by Gasteiger charge is -2.36. The number of H-pyrrole nitrogens is 1. The molecule has 1 aliphatic heterocycles. The highest BCUT2D eigenvalue weighted by molar-refractivity contribution is 6.35. The van der Waals surface area contributed by atoms with Gasteiger partial charge in [-0.05, 0) is 31.5 Å². The van der Waals surface area contributed by atoms with Gasteiger partial charge in [0.15, 0.2) is 0 Å². The molecule has 1 aromatic heterocycles. The summed E-state index contributed by atoms with van der Waals surface area (Å²) in [5.41, 5.74) is 9.16. The molecule has 3 rings (SSSR count). The molecule has 1 unspecified atom stereocenters. The van der Waals surface area contributed by atoms with E-state index in [2.05, 4.69) is 9.98 Å². The van der Waals surface area contributed by atoms with Crippen molar-refractivity contribution in [1.29, 1.82) is 0 Å². The summed E-state index contributed by atoms with van der Waals surface area (Å²) in [6.45, 7) is 2.31. The Morgan fingerprint density at radius 2 is 2.03 bits per heavy atom. The van der Waals surface area contributed by atoms with Gasteiger partial charge in [-0.25, -0.2) is 0 Å². The summed E-state index contributed by atoms with van der Waals surface area (Å²) < 4.78 is 5.21. The van der Waals surface area contributed by atoms with Crippen molar-refractivity contribution in [3.63, 3.8) is 0 Å². The third-order valence-corrected chi connectivity index (χ3v) is 5.47. The van der Waals surface area contributed by atoms with Gasteiger partial charge in [0.05, 0.1) is 35.1 Å². The minimum atomic E-state index is -0.360. The molecule has 0 saturated carbocycles. The summed E-state index contributed by atoms with van der Waals surface area (Å²) in [4.78, 5) is 33.6. The van der Waals surface area contributed by atoms with Crippen molar-refractivity contribution in [2.24, 2.45) is 10.7 Å². The molecule has 1 atom stereocenters. The predicted molar refractivity (Wildman–Crippen MR) is 114 cm³/mol. The van der Waals surface area contributed by atoms with Crippen molar-refractivity contribution >= 4 is 23.2 Å². The molecule has 1 aliphatic rings. The molecule has 0 saturated heterocycles. The number of nitrogens with zero attached hydrogens (tertiary/aromatic N) is 2. The van der Waals surface area contributed by atoms with E-state index in [-0.39, 0.29) is 22.5 Å². The van der Waals surface area contributed by atoms with E-state index in [1.165, 1.54) is 13.2 Å². The van der Waals surface area contributed by atoms with Crippen molar-refractivity contribution in [2.45, 2.75) is 19.4 Å². The van der Waals surface area contributed by atoms with Gasteiger partial charge in [0.25, 0.3) is 5.91 Å². The van der Waals surface area contributed by atoms with Crippen LogP contribution in [0.3, 0.4) is 0 Å². The minimum absolute atomic E-state index is 0.212. The van der Waals surface area contributed by atoms with Crippen LogP contribution < -0.4 is 16.0 Å². The number of amides is 1. The van der Waals surface area contributed by atoms with E-state index in [0.29, 0.717) is 41.4 Å². The van der Waals surface area contributed by atoms with Gasteiger partial charge in [-0.15, -0.1) is 0 Å². The molecular weight excluding hydrogens is 392 g/mol. The van der Waals surface area contributed by atoms with Crippen LogP contribution in [0.25, 0.3) is 0 Å². The number of carbonyl (C=O) groups excluding carboxylic acids is 1. The molecule has 29 heavy (non-hydrogen) atoms. The number of benzene rings is 1. The molecule has 0 fully saturated rings. The van der Waals surface area contributed by atoms with Crippen LogP contribution >= 0.6 is 11.6 Å². The largest absolute Gasteiger partial charge is 0.495 e. The van der Waals surface area contributed by atoms with Crippen LogP contribution in [0.1, 0.15) is 29.4 Å². The Balaban J connectivity index is 1.94. The van der Waals surface area contributed by atoms with E-state index in [0.717, 1.165) is 5.57 Å². The van der Waals surface area contributed by atoms with E-state index < -0.39 is 0 Å². The van der Waals surface area contributed by atoms with Gasteiger partial charge in [-0.3, -0.25) is 14.6 Å². The SMILES string of the molecule is CN=C(C1=C(N)C(C)N(C(=O)c2cccc(OC)c2Cl)CC1)c1cccc(=O)[nH]1. The molecule has 0 bridgehead atoms. The monoisotopic (exact) mass is 414 g/mol. The summed E-state index contributed by atoms with van der Waals surface area (Å²) >= 11 is 6.33. The second kappa shape index (κ2) is 8.53. The van der Waals surface area contributed by atoms with Gasteiger partial charge in [0.2, 0.25) is 5.56 Å². The standard InChI is InChI=1S/C21H23ClN4O3/c1-12-19(23)14(20(24-2)15-7-5-9-17(27)25-15)10-11-26(12)21(28)13-6-4-8-16(29-3)18(13)22/h4-9,12H,10-11,23H2,1-3H3,(H,25,27). The molecule has 8 heteroatoms. The zero-order valence-corrected chi connectivity index (χ0v) is 17.3. The van der Waals surface area contributed by atoms with E-state index in [1.807, 2.05) is 6.92 Å². The Morgan fingerprint density at radius 3 is 2.69 bits per heavy atom. The molecule has 2 heterocycles. The summed E-state index contributed by atoms with van der Waals surface area (Å²) in [7, 11) is 3.16. The number of aromatic nitrogens is 1. The molecule has 7 nitrogen and oxygen atoms in total. The third kappa shape index (κ3) is 3.91. The van der Waals surface area contributed by atoms with Crippen molar-refractivity contribution in [1.82, 2.24) is 9.88 Å². The first-order chi connectivity index (χ1) is 13.9. The number of aliphatic imine (C=N–C) groups is 1. The third-order valence-electron chi connectivity index (χ3n) is 5.08.